The van der Waals surface area contributed by atoms with Gasteiger partial charge in [0, 0.05) is 69.8 Å². The molecule has 0 bridgehead atoms. The van der Waals surface area contributed by atoms with Crippen molar-refractivity contribution in [3.05, 3.63) is 345 Å². The summed E-state index contributed by atoms with van der Waals surface area (Å²) in [7, 11) is -0.810. The number of nitrogens with two attached hydrogens (primary N) is 3. The molecule has 1 amide bonds. The second-order valence-corrected chi connectivity index (χ2v) is 28.4. The van der Waals surface area contributed by atoms with E-state index in [4.69, 9.17) is 23.6 Å². The number of carbonyl (C=O) groups excluding carboxylic acids is 3. The highest BCUT2D eigenvalue weighted by atomic mass is 79.9. The Morgan fingerprint density at radius 3 is 1.13 bits per heavy atom. The van der Waals surface area contributed by atoms with Gasteiger partial charge < -0.3 is 50.3 Å². The summed E-state index contributed by atoms with van der Waals surface area (Å²) in [5.41, 5.74) is 22.4. The number of terminal acetylenes is 1. The molecule has 0 radical (unpaired) electrons. The number of guanidine groups is 2. The van der Waals surface area contributed by atoms with E-state index in [1.165, 1.54) is 122 Å². The molecule has 1 unspecified atom stereocenters. The molecule has 0 spiro atoms. The molecule has 1 aliphatic rings. The van der Waals surface area contributed by atoms with E-state index < -0.39 is 63.4 Å². The number of likely N-dealkylation sites (N-methyl/N-ethyl adjacent to an activating group) is 1. The molecular formula is C93H88BrF14N6O8P. The zero-order valence-corrected chi connectivity index (χ0v) is 67.1. The second-order valence-electron chi connectivity index (χ2n) is 24.8. The van der Waals surface area contributed by atoms with Crippen LogP contribution >= 0.6 is 23.1 Å². The molecule has 648 valence electrons. The number of benzene rings is 10. The Hall–Kier alpha value is -13.2. The molecule has 10 aromatic carbocycles. The number of aldehydes is 2. The van der Waals surface area contributed by atoms with Crippen LogP contribution in [-0.2, 0) is 50.2 Å². The van der Waals surface area contributed by atoms with Crippen LogP contribution in [0.3, 0.4) is 0 Å². The number of aliphatic imine (C=N–C) groups is 2. The lowest BCUT2D eigenvalue weighted by Gasteiger charge is -2.26. The quantitative estimate of drug-likeness (QED) is 0.0122. The van der Waals surface area contributed by atoms with Crippen LogP contribution in [0.5, 0.6) is 23.0 Å². The average Bonchev–Trinajstić information content (AvgIpc) is 1.60. The molecule has 1 aliphatic heterocycles. The van der Waals surface area contributed by atoms with Crippen LogP contribution in [0.25, 0.3) is 0 Å². The highest BCUT2D eigenvalue weighted by molar-refractivity contribution is 9.10. The first-order valence-electron chi connectivity index (χ1n) is 36.1. The molecule has 6 N–H and O–H groups in total. The normalized spacial score (nSPS) is 11.9. The Labute approximate surface area is 714 Å². The number of rotatable bonds is 25. The predicted octanol–water partition coefficient (Wildman–Crippen LogP) is 21.5. The highest BCUT2D eigenvalue weighted by Gasteiger charge is 2.49. The predicted molar refractivity (Wildman–Crippen MR) is 458 cm³/mol. The summed E-state index contributed by atoms with van der Waals surface area (Å²) in [4.78, 5) is 42.6. The van der Waals surface area contributed by atoms with Gasteiger partial charge in [-0.3, -0.25) is 14.7 Å². The van der Waals surface area contributed by atoms with E-state index in [0.29, 0.717) is 59.9 Å². The van der Waals surface area contributed by atoms with Gasteiger partial charge >= 0.3 is 26.4 Å². The maximum atomic E-state index is 13.2. The zero-order chi connectivity index (χ0) is 88.7. The molecule has 1 atom stereocenters. The molecule has 0 fully saturated rings. The van der Waals surface area contributed by atoms with Crippen molar-refractivity contribution in [2.75, 3.05) is 14.1 Å². The molecule has 30 heteroatoms. The number of carbonyl (C=O) groups is 3. The van der Waals surface area contributed by atoms with Gasteiger partial charge in [0.05, 0.1) is 0 Å². The number of aryl methyl sites for hydroxylation is 4. The van der Waals surface area contributed by atoms with E-state index in [1.807, 2.05) is 72.8 Å². The lowest BCUT2D eigenvalue weighted by Crippen LogP contribution is -2.41. The van der Waals surface area contributed by atoms with Crippen molar-refractivity contribution in [3.63, 3.8) is 0 Å². The van der Waals surface area contributed by atoms with Crippen LogP contribution in [0, 0.1) is 36.0 Å². The lowest BCUT2D eigenvalue weighted by molar-refractivity contribution is -0.129. The minimum absolute atomic E-state index is 0. The summed E-state index contributed by atoms with van der Waals surface area (Å²) in [6, 6.07) is 69.3. The fourth-order valence-corrected chi connectivity index (χ4v) is 13.0. The first kappa shape index (κ1) is 104. The zero-order valence-electron chi connectivity index (χ0n) is 64.6. The Balaban J connectivity index is 0.000000386. The molecule has 1 heterocycles. The fourth-order valence-electron chi connectivity index (χ4n) is 10.6. The van der Waals surface area contributed by atoms with E-state index >= 15 is 0 Å². The monoisotopic (exact) mass is 1790 g/mol. The topological polar surface area (TPSA) is 211 Å². The molecule has 11 rings (SSSR count). The summed E-state index contributed by atoms with van der Waals surface area (Å²) in [6.07, 6.45) is 6.18. The summed E-state index contributed by atoms with van der Waals surface area (Å²) in [6.45, 7) is -11.4. The standard InChI is InChI=1S/C21H19F4N3O2.C19H14F4O.C18H14F2O2.C13H11F2OP.C9H9BrO.C9H6F2O.C2H7N3.2CH4/c1-28-18(29)21(27-20(28)26,14-8-10-16(11-9-14)30-19(24)25)15-6-2-4-13(12-15)5-3-7-17(22)23;20-18(21)6-2-5-15-3-1-4-16(13-15)8-7-14-9-11-17(12-10-14)24-19(22)23;19-18(20)22-17-10-8-14(9-11-17)6-7-16-4-1-3-15(13-16)5-2-12-21;14-13(15)17(16,11-7-3-1-4-8-11)12-9-5-2-6-10-12;10-9-5-1-3-8(7-9)4-2-6-11;1-2-7-3-5-8(6-4-7)12-9(10)11;1-5-2(3)4;;/h2,4,6-12,19H,3,5H2,1H3,(H2,26,27);1,3-4,6,9-13,19H,2,5H2;1,3-4,8-13,18H,2,5H2;1-10,13H;1,3,5-7H,2,4H2;1,3-6,9H;1H3,(H4,3,4,5);2*1H4. The summed E-state index contributed by atoms with van der Waals surface area (Å²) in [5, 5.41) is 0.391. The number of hydrogen-bond acceptors (Lipinski definition) is 11. The van der Waals surface area contributed by atoms with E-state index in [0.717, 1.165) is 63.4 Å². The van der Waals surface area contributed by atoms with Crippen LogP contribution in [0.4, 0.5) is 61.5 Å². The van der Waals surface area contributed by atoms with Crippen molar-refractivity contribution in [1.29, 1.82) is 0 Å². The van der Waals surface area contributed by atoms with Crippen LogP contribution < -0.4 is 46.8 Å². The number of hydrogen-bond donors (Lipinski definition) is 3. The van der Waals surface area contributed by atoms with Crippen molar-refractivity contribution in [3.8, 4) is 59.0 Å². The first-order valence-corrected chi connectivity index (χ1v) is 38.7. The number of alkyl halides is 10. The van der Waals surface area contributed by atoms with Crippen molar-refractivity contribution in [2.24, 2.45) is 27.2 Å². The van der Waals surface area contributed by atoms with Crippen LogP contribution in [-0.4, -0.2) is 82.0 Å². The number of halogens is 15. The third-order valence-electron chi connectivity index (χ3n) is 16.3. The van der Waals surface area contributed by atoms with Gasteiger partial charge in [0.2, 0.25) is 7.14 Å². The van der Waals surface area contributed by atoms with Crippen molar-refractivity contribution >= 4 is 64.1 Å². The minimum Gasteiger partial charge on any atom is -0.435 e. The Kier molecular flexibility index (Phi) is 47.0. The van der Waals surface area contributed by atoms with Gasteiger partial charge in [-0.25, -0.2) is 13.8 Å². The number of ether oxygens (including phenoxy) is 4. The van der Waals surface area contributed by atoms with E-state index in [9.17, 15) is 80.4 Å². The summed E-state index contributed by atoms with van der Waals surface area (Å²) in [5.74, 6) is 14.2. The summed E-state index contributed by atoms with van der Waals surface area (Å²) >= 11 is 3.37. The third kappa shape index (κ3) is 37.6. The molecule has 0 saturated heterocycles. The van der Waals surface area contributed by atoms with Crippen LogP contribution in [0.2, 0.25) is 0 Å². The van der Waals surface area contributed by atoms with E-state index in [2.05, 4.69) is 74.5 Å². The smallest absolute Gasteiger partial charge is 0.387 e. The van der Waals surface area contributed by atoms with Gasteiger partial charge in [-0.05, 0) is 205 Å². The number of allylic oxidation sites excluding steroid dienone is 2. The fraction of sp³-hybridized carbons (Fsp3) is 0.194. The molecule has 10 aromatic rings. The Morgan fingerprint density at radius 1 is 0.472 bits per heavy atom. The molecule has 0 saturated carbocycles. The van der Waals surface area contributed by atoms with Gasteiger partial charge in [-0.2, -0.15) is 52.7 Å². The third-order valence-corrected chi connectivity index (χ3v) is 19.5. The van der Waals surface area contributed by atoms with Crippen molar-refractivity contribution in [2.45, 2.75) is 104 Å². The van der Waals surface area contributed by atoms with Gasteiger partial charge in [-0.1, -0.05) is 194 Å². The second kappa shape index (κ2) is 55.6. The SMILES string of the molecule is C.C.C#Cc1ccc(OC(F)F)cc1.CN1C(=O)C(c2ccc(OC(F)F)cc2)(c2cccc(CCC=C(F)F)c2)N=C1N.CN=C(N)N.FC(F)=CCCc1cccc(C#Cc2ccc(OC(F)F)cc2)c1.O=CCCc1cccc(Br)c1.O=CCCc1cccc(C#Cc2ccc(OC(F)F)cc2)c1.O=P(c1ccccc1)(c1ccccc1)C(F)F. The van der Waals surface area contributed by atoms with E-state index in [1.54, 1.807) is 84.9 Å². The molecule has 123 heavy (non-hydrogen) atoms. The number of amides is 1. The average molecular weight is 1790 g/mol. The van der Waals surface area contributed by atoms with Gasteiger partial charge in [0.25, 0.3) is 24.2 Å². The highest BCUT2D eigenvalue weighted by Crippen LogP contribution is 2.50. The van der Waals surface area contributed by atoms with Crippen LogP contribution in [0.15, 0.2) is 294 Å². The van der Waals surface area contributed by atoms with Crippen molar-refractivity contribution < 1.29 is 99.4 Å². The first-order chi connectivity index (χ1) is 57.9. The maximum absolute atomic E-state index is 13.2. The Morgan fingerprint density at radius 2 is 0.805 bits per heavy atom. The largest absolute Gasteiger partial charge is 0.435 e. The molecular weight excluding hydrogens is 1710 g/mol. The lowest BCUT2D eigenvalue weighted by atomic mass is 9.82. The maximum Gasteiger partial charge on any atom is 0.387 e. The minimum atomic E-state index is -3.83. The molecule has 0 aromatic heterocycles. The van der Waals surface area contributed by atoms with Gasteiger partial charge in [0.1, 0.15) is 35.6 Å². The van der Waals surface area contributed by atoms with Gasteiger partial charge in [0.15, 0.2) is 17.5 Å². The Bertz CT molecular complexity index is 5190. The number of nitrogens with zero attached hydrogens (tertiary/aromatic N) is 3. The van der Waals surface area contributed by atoms with Gasteiger partial charge in [-0.15, -0.1) is 6.42 Å². The van der Waals surface area contributed by atoms with Crippen LogP contribution in [0.1, 0.15) is 102 Å². The molecule has 0 aliphatic carbocycles. The summed E-state index contributed by atoms with van der Waals surface area (Å²) < 4.78 is 202. The molecule has 14 nitrogen and oxygen atoms in total. The van der Waals surface area contributed by atoms with Crippen molar-refractivity contribution in [1.82, 2.24) is 4.90 Å². The van der Waals surface area contributed by atoms with E-state index in [-0.39, 0.29) is 73.2 Å².